The molecule has 1 N–H and O–H groups in total. The zero-order valence-electron chi connectivity index (χ0n) is 20.7. The van der Waals surface area contributed by atoms with Gasteiger partial charge in [-0.15, -0.1) is 0 Å². The molecule has 2 heterocycles. The monoisotopic (exact) mass is 470 g/mol. The summed E-state index contributed by atoms with van der Waals surface area (Å²) in [6.45, 7) is 2.24. The Balaban J connectivity index is 1.40. The van der Waals surface area contributed by atoms with E-state index in [0.29, 0.717) is 18.9 Å². The van der Waals surface area contributed by atoms with Gasteiger partial charge in [0.05, 0.1) is 6.04 Å². The van der Waals surface area contributed by atoms with E-state index in [-0.39, 0.29) is 30.4 Å². The summed E-state index contributed by atoms with van der Waals surface area (Å²) in [6, 6.07) is 6.47. The van der Waals surface area contributed by atoms with Gasteiger partial charge in [-0.25, -0.2) is 4.79 Å². The lowest BCUT2D eigenvalue weighted by atomic mass is 9.83. The highest BCUT2D eigenvalue weighted by molar-refractivity contribution is 5.94. The highest BCUT2D eigenvalue weighted by Crippen LogP contribution is 2.34. The maximum atomic E-state index is 13.3. The smallest absolute Gasteiger partial charge is 0.324 e. The molecule has 1 saturated heterocycles. The van der Waals surface area contributed by atoms with Crippen LogP contribution in [0.1, 0.15) is 49.7 Å². The minimum atomic E-state index is -0.722. The molecule has 1 atom stereocenters. The molecule has 0 aromatic heterocycles. The van der Waals surface area contributed by atoms with Crippen LogP contribution < -0.4 is 4.90 Å². The first-order chi connectivity index (χ1) is 16.2. The molecule has 2 fully saturated rings. The lowest BCUT2D eigenvalue weighted by Crippen LogP contribution is -2.45. The summed E-state index contributed by atoms with van der Waals surface area (Å²) in [6.07, 6.45) is 6.46. The van der Waals surface area contributed by atoms with Gasteiger partial charge in [-0.2, -0.15) is 0 Å². The number of hydrogen-bond donors (Lipinski definition) is 1. The van der Waals surface area contributed by atoms with E-state index in [0.717, 1.165) is 57.3 Å². The number of urea groups is 1. The van der Waals surface area contributed by atoms with Crippen molar-refractivity contribution in [1.82, 2.24) is 14.7 Å². The molecule has 8 nitrogen and oxygen atoms in total. The Bertz CT molecular complexity index is 925. The average molecular weight is 471 g/mol. The van der Waals surface area contributed by atoms with Crippen molar-refractivity contribution in [2.45, 2.75) is 63.5 Å². The zero-order chi connectivity index (χ0) is 24.4. The molecule has 0 bridgehead atoms. The lowest BCUT2D eigenvalue weighted by Gasteiger charge is -2.34. The SMILES string of the molecule is CN(C)C(=O)C1Cc2ccc(N3CCN([C@H]4CC[C@H](CCC(=O)O)CC4)C3=O)cc2CCN1C. The van der Waals surface area contributed by atoms with E-state index in [1.54, 1.807) is 19.0 Å². The van der Waals surface area contributed by atoms with Crippen LogP contribution in [0.5, 0.6) is 0 Å². The van der Waals surface area contributed by atoms with E-state index in [2.05, 4.69) is 17.0 Å². The Hall–Kier alpha value is -2.61. The lowest BCUT2D eigenvalue weighted by molar-refractivity contribution is -0.137. The van der Waals surface area contributed by atoms with Gasteiger partial charge in [0.2, 0.25) is 5.91 Å². The molecule has 0 radical (unpaired) electrons. The van der Waals surface area contributed by atoms with Crippen LogP contribution in [0, 0.1) is 5.92 Å². The van der Waals surface area contributed by atoms with Crippen molar-refractivity contribution >= 4 is 23.6 Å². The largest absolute Gasteiger partial charge is 0.481 e. The molecule has 3 aliphatic rings. The van der Waals surface area contributed by atoms with Gasteiger partial charge in [0.1, 0.15) is 0 Å². The van der Waals surface area contributed by atoms with Gasteiger partial charge in [-0.05, 0) is 81.2 Å². The van der Waals surface area contributed by atoms with E-state index >= 15 is 0 Å². The van der Waals surface area contributed by atoms with Gasteiger partial charge in [-0.1, -0.05) is 6.07 Å². The van der Waals surface area contributed by atoms with Crippen LogP contribution in [0.25, 0.3) is 0 Å². The van der Waals surface area contributed by atoms with Gasteiger partial charge in [-0.3, -0.25) is 19.4 Å². The molecule has 34 heavy (non-hydrogen) atoms. The van der Waals surface area contributed by atoms with E-state index in [9.17, 15) is 14.4 Å². The van der Waals surface area contributed by atoms with Crippen LogP contribution in [-0.2, 0) is 22.4 Å². The number of hydrogen-bond acceptors (Lipinski definition) is 4. The van der Waals surface area contributed by atoms with E-state index in [1.807, 2.05) is 22.9 Å². The molecule has 186 valence electrons. The van der Waals surface area contributed by atoms with Crippen molar-refractivity contribution in [3.05, 3.63) is 29.3 Å². The quantitative estimate of drug-likeness (QED) is 0.691. The number of carboxylic acids is 1. The number of amides is 3. The van der Waals surface area contributed by atoms with Gasteiger partial charge in [0.15, 0.2) is 0 Å². The number of benzene rings is 1. The van der Waals surface area contributed by atoms with E-state index in [1.165, 1.54) is 11.1 Å². The second kappa shape index (κ2) is 10.3. The molecule has 2 aliphatic heterocycles. The van der Waals surface area contributed by atoms with Crippen LogP contribution in [0.3, 0.4) is 0 Å². The van der Waals surface area contributed by atoms with Crippen molar-refractivity contribution in [1.29, 1.82) is 0 Å². The fraction of sp³-hybridized carbons (Fsp3) is 0.654. The van der Waals surface area contributed by atoms with Crippen molar-refractivity contribution in [2.24, 2.45) is 5.92 Å². The summed E-state index contributed by atoms with van der Waals surface area (Å²) in [5.41, 5.74) is 3.36. The predicted molar refractivity (Wildman–Crippen MR) is 131 cm³/mol. The molecule has 1 aromatic carbocycles. The summed E-state index contributed by atoms with van der Waals surface area (Å²) < 4.78 is 0. The van der Waals surface area contributed by atoms with Crippen molar-refractivity contribution in [2.75, 3.05) is 45.7 Å². The number of carbonyl (C=O) groups excluding carboxylic acids is 2. The Morgan fingerprint density at radius 1 is 1.06 bits per heavy atom. The molecule has 1 saturated carbocycles. The summed E-state index contributed by atoms with van der Waals surface area (Å²) in [5.74, 6) is -0.130. The third kappa shape index (κ3) is 5.22. The minimum Gasteiger partial charge on any atom is -0.481 e. The molecule has 1 aliphatic carbocycles. The number of carboxylic acid groups (broad SMARTS) is 1. The van der Waals surface area contributed by atoms with Crippen LogP contribution in [0.2, 0.25) is 0 Å². The molecule has 3 amide bonds. The number of likely N-dealkylation sites (N-methyl/N-ethyl adjacent to an activating group) is 2. The number of carbonyl (C=O) groups is 3. The van der Waals surface area contributed by atoms with Crippen LogP contribution in [-0.4, -0.2) is 90.6 Å². The molecular formula is C26H38N4O4. The fourth-order valence-electron chi connectivity index (χ4n) is 5.81. The molecule has 1 unspecified atom stereocenters. The third-order valence-electron chi connectivity index (χ3n) is 7.97. The first-order valence-corrected chi connectivity index (χ1v) is 12.6. The standard InChI is InChI=1S/C26H38N4O4/c1-27(2)25(33)23-17-19-7-10-22(16-20(19)12-13-28(23)3)30-15-14-29(26(30)34)21-8-4-18(5-9-21)6-11-24(31)32/h7,10,16,18,21,23H,4-6,8-9,11-15,17H2,1-3H3,(H,31,32)/t18-,21-,23?. The first-order valence-electron chi connectivity index (χ1n) is 12.6. The second-order valence-electron chi connectivity index (χ2n) is 10.4. The highest BCUT2D eigenvalue weighted by atomic mass is 16.4. The van der Waals surface area contributed by atoms with Gasteiger partial charge in [0, 0.05) is 51.9 Å². The Kier molecular flexibility index (Phi) is 7.45. The zero-order valence-corrected chi connectivity index (χ0v) is 20.7. The fourth-order valence-corrected chi connectivity index (χ4v) is 5.81. The van der Waals surface area contributed by atoms with Crippen molar-refractivity contribution in [3.8, 4) is 0 Å². The third-order valence-corrected chi connectivity index (χ3v) is 7.97. The Morgan fingerprint density at radius 2 is 1.79 bits per heavy atom. The summed E-state index contributed by atoms with van der Waals surface area (Å²) >= 11 is 0. The van der Waals surface area contributed by atoms with E-state index < -0.39 is 5.97 Å². The van der Waals surface area contributed by atoms with Crippen molar-refractivity contribution < 1.29 is 19.5 Å². The summed E-state index contributed by atoms with van der Waals surface area (Å²) in [5, 5.41) is 8.92. The van der Waals surface area contributed by atoms with Gasteiger partial charge in [0.25, 0.3) is 0 Å². The van der Waals surface area contributed by atoms with Gasteiger partial charge >= 0.3 is 12.0 Å². The van der Waals surface area contributed by atoms with Crippen molar-refractivity contribution in [3.63, 3.8) is 0 Å². The minimum absolute atomic E-state index is 0.0836. The molecule has 4 rings (SSSR count). The maximum absolute atomic E-state index is 13.3. The number of anilines is 1. The topological polar surface area (TPSA) is 84.4 Å². The van der Waals surface area contributed by atoms with Crippen LogP contribution in [0.15, 0.2) is 18.2 Å². The Labute approximate surface area is 202 Å². The molecule has 0 spiro atoms. The maximum Gasteiger partial charge on any atom is 0.324 e. The Morgan fingerprint density at radius 3 is 2.47 bits per heavy atom. The van der Waals surface area contributed by atoms with Crippen LogP contribution >= 0.6 is 0 Å². The first kappa shape index (κ1) is 24.5. The normalized spacial score (nSPS) is 25.7. The predicted octanol–water partition coefficient (Wildman–Crippen LogP) is 2.84. The summed E-state index contributed by atoms with van der Waals surface area (Å²) in [4.78, 5) is 44.6. The molecule has 1 aromatic rings. The second-order valence-corrected chi connectivity index (χ2v) is 10.4. The molecule has 8 heteroatoms. The summed E-state index contributed by atoms with van der Waals surface area (Å²) in [7, 11) is 5.62. The van der Waals surface area contributed by atoms with Crippen LogP contribution in [0.4, 0.5) is 10.5 Å². The number of fused-ring (bicyclic) bond motifs is 1. The number of aliphatic carboxylic acids is 1. The number of rotatable bonds is 6. The highest BCUT2D eigenvalue weighted by Gasteiger charge is 2.37. The average Bonchev–Trinajstić information content (AvgIpc) is 3.12. The van der Waals surface area contributed by atoms with E-state index in [4.69, 9.17) is 5.11 Å². The molecular weight excluding hydrogens is 432 g/mol. The number of nitrogens with zero attached hydrogens (tertiary/aromatic N) is 4. The van der Waals surface area contributed by atoms with Gasteiger partial charge < -0.3 is 14.9 Å².